The third-order valence-electron chi connectivity index (χ3n) is 4.74. The molecule has 0 spiro atoms. The van der Waals surface area contributed by atoms with Gasteiger partial charge in [0.2, 0.25) is 5.95 Å². The Kier molecular flexibility index (Phi) is 5.26. The first-order chi connectivity index (χ1) is 12.3. The van der Waals surface area contributed by atoms with Crippen LogP contribution in [0.4, 0.5) is 5.95 Å². The van der Waals surface area contributed by atoms with E-state index in [0.29, 0.717) is 25.0 Å². The highest BCUT2D eigenvalue weighted by atomic mass is 32.2. The number of rotatable bonds is 6. The number of tetrazole rings is 1. The molecule has 1 aromatic carbocycles. The van der Waals surface area contributed by atoms with Gasteiger partial charge in [-0.2, -0.15) is 22.1 Å². The molecule has 1 saturated heterocycles. The highest BCUT2D eigenvalue weighted by Crippen LogP contribution is 2.29. The van der Waals surface area contributed by atoms with Crippen LogP contribution in [0.1, 0.15) is 13.8 Å². The van der Waals surface area contributed by atoms with Crippen LogP contribution in [0.3, 0.4) is 0 Å². The van der Waals surface area contributed by atoms with Gasteiger partial charge in [0.1, 0.15) is 0 Å². The molecule has 9 nitrogen and oxygen atoms in total. The van der Waals surface area contributed by atoms with E-state index in [0.717, 1.165) is 5.69 Å². The second kappa shape index (κ2) is 7.29. The third-order valence-corrected chi connectivity index (χ3v) is 6.30. The van der Waals surface area contributed by atoms with Crippen LogP contribution in [0.15, 0.2) is 30.3 Å². The zero-order valence-corrected chi connectivity index (χ0v) is 16.3. The molecule has 26 heavy (non-hydrogen) atoms. The lowest BCUT2D eigenvalue weighted by molar-refractivity contribution is 0.358. The number of hydrogen-bond acceptors (Lipinski definition) is 6. The summed E-state index contributed by atoms with van der Waals surface area (Å²) in [7, 11) is -0.458. The molecule has 2 aromatic rings. The maximum atomic E-state index is 12.3. The summed E-state index contributed by atoms with van der Waals surface area (Å²) < 4.78 is 30.3. The van der Waals surface area contributed by atoms with Crippen LogP contribution < -0.4 is 9.62 Å². The van der Waals surface area contributed by atoms with E-state index < -0.39 is 10.2 Å². The average Bonchev–Trinajstić information content (AvgIpc) is 3.21. The molecule has 2 atom stereocenters. The molecule has 1 aliphatic rings. The van der Waals surface area contributed by atoms with Gasteiger partial charge in [0, 0.05) is 33.2 Å². The molecule has 0 saturated carbocycles. The summed E-state index contributed by atoms with van der Waals surface area (Å²) in [4.78, 5) is 2.04. The van der Waals surface area contributed by atoms with Crippen molar-refractivity contribution in [1.82, 2.24) is 29.2 Å². The quantitative estimate of drug-likeness (QED) is 0.786. The predicted molar refractivity (Wildman–Crippen MR) is 99.2 cm³/mol. The standard InChI is InChI=1S/C16H25N7O2S/c1-12(2)14-10-22(11-15(14)18-26(24,25)21(3)4)16-17-19-20-23(16)13-8-6-5-7-9-13/h5-9,12,14-15,18H,10-11H2,1-4H3/t14-,15+/m0/s1. The predicted octanol–water partition coefficient (Wildman–Crippen LogP) is 0.519. The first kappa shape index (κ1) is 18.7. The van der Waals surface area contributed by atoms with Crippen molar-refractivity contribution in [3.8, 4) is 5.69 Å². The Morgan fingerprint density at radius 2 is 1.88 bits per heavy atom. The zero-order valence-electron chi connectivity index (χ0n) is 15.4. The van der Waals surface area contributed by atoms with Crippen LogP contribution in [0, 0.1) is 11.8 Å². The Morgan fingerprint density at radius 3 is 2.50 bits per heavy atom. The molecule has 1 N–H and O–H groups in total. The van der Waals surface area contributed by atoms with E-state index in [1.165, 1.54) is 18.4 Å². The van der Waals surface area contributed by atoms with Gasteiger partial charge in [0.25, 0.3) is 10.2 Å². The lowest BCUT2D eigenvalue weighted by Crippen LogP contribution is -2.46. The highest BCUT2D eigenvalue weighted by molar-refractivity contribution is 7.87. The molecule has 142 valence electrons. The highest BCUT2D eigenvalue weighted by Gasteiger charge is 2.39. The van der Waals surface area contributed by atoms with Crippen LogP contribution in [0.2, 0.25) is 0 Å². The maximum Gasteiger partial charge on any atom is 0.279 e. The summed E-state index contributed by atoms with van der Waals surface area (Å²) in [5.74, 6) is 1.09. The van der Waals surface area contributed by atoms with Gasteiger partial charge in [-0.1, -0.05) is 37.1 Å². The summed E-state index contributed by atoms with van der Waals surface area (Å²) in [6, 6.07) is 9.45. The van der Waals surface area contributed by atoms with E-state index in [9.17, 15) is 8.42 Å². The minimum absolute atomic E-state index is 0.158. The van der Waals surface area contributed by atoms with Crippen molar-refractivity contribution in [3.63, 3.8) is 0 Å². The molecule has 10 heteroatoms. The van der Waals surface area contributed by atoms with Crippen molar-refractivity contribution >= 4 is 16.2 Å². The molecule has 1 aliphatic heterocycles. The lowest BCUT2D eigenvalue weighted by atomic mass is 9.92. The van der Waals surface area contributed by atoms with E-state index >= 15 is 0 Å². The Morgan fingerprint density at radius 1 is 1.19 bits per heavy atom. The molecule has 0 amide bonds. The number of aromatic nitrogens is 4. The van der Waals surface area contributed by atoms with Gasteiger partial charge in [-0.25, -0.2) is 0 Å². The molecule has 1 aromatic heterocycles. The number of hydrogen-bond donors (Lipinski definition) is 1. The molecule has 1 fully saturated rings. The van der Waals surface area contributed by atoms with E-state index in [1.807, 2.05) is 35.2 Å². The molecular weight excluding hydrogens is 354 g/mol. The van der Waals surface area contributed by atoms with Gasteiger partial charge in [-0.05, 0) is 34.4 Å². The van der Waals surface area contributed by atoms with E-state index in [1.54, 1.807) is 4.68 Å². The summed E-state index contributed by atoms with van der Waals surface area (Å²) in [6.07, 6.45) is 0. The van der Waals surface area contributed by atoms with Gasteiger partial charge in [0.15, 0.2) is 0 Å². The Bertz CT molecular complexity index is 835. The van der Waals surface area contributed by atoms with E-state index in [4.69, 9.17) is 0 Å². The molecule has 0 radical (unpaired) electrons. The largest absolute Gasteiger partial charge is 0.337 e. The normalized spacial score (nSPS) is 21.1. The Labute approximate surface area is 154 Å². The van der Waals surface area contributed by atoms with E-state index in [-0.39, 0.29) is 12.0 Å². The smallest absolute Gasteiger partial charge is 0.279 e. The molecule has 0 aliphatic carbocycles. The molecular formula is C16H25N7O2S. The number of nitrogens with zero attached hydrogens (tertiary/aromatic N) is 6. The fourth-order valence-electron chi connectivity index (χ4n) is 3.21. The van der Waals surface area contributed by atoms with Crippen LogP contribution in [0.5, 0.6) is 0 Å². The Balaban J connectivity index is 1.86. The monoisotopic (exact) mass is 379 g/mol. The van der Waals surface area contributed by atoms with Crippen molar-refractivity contribution < 1.29 is 8.42 Å². The van der Waals surface area contributed by atoms with Gasteiger partial charge in [0.05, 0.1) is 5.69 Å². The first-order valence-electron chi connectivity index (χ1n) is 8.58. The first-order valence-corrected chi connectivity index (χ1v) is 10.0. The number of anilines is 1. The second-order valence-electron chi connectivity index (χ2n) is 7.05. The van der Waals surface area contributed by atoms with Gasteiger partial charge in [-0.15, -0.1) is 0 Å². The Hall–Kier alpha value is -2.04. The average molecular weight is 379 g/mol. The maximum absolute atomic E-state index is 12.3. The number of para-hydroxylation sites is 1. The van der Waals surface area contributed by atoms with Crippen molar-refractivity contribution in [2.75, 3.05) is 32.1 Å². The van der Waals surface area contributed by atoms with Gasteiger partial charge < -0.3 is 4.90 Å². The number of benzene rings is 1. The van der Waals surface area contributed by atoms with Gasteiger partial charge in [-0.3, -0.25) is 0 Å². The summed E-state index contributed by atoms with van der Waals surface area (Å²) in [5, 5.41) is 12.1. The molecule has 0 bridgehead atoms. The molecule has 2 heterocycles. The minimum atomic E-state index is -3.50. The van der Waals surface area contributed by atoms with Crippen LogP contribution in [-0.4, -0.2) is 66.2 Å². The van der Waals surface area contributed by atoms with Crippen LogP contribution in [0.25, 0.3) is 5.69 Å². The SMILES string of the molecule is CC(C)[C@@H]1CN(c2nnnn2-c2ccccc2)C[C@H]1NS(=O)(=O)N(C)C. The summed E-state index contributed by atoms with van der Waals surface area (Å²) in [6.45, 7) is 5.41. The fraction of sp³-hybridized carbons (Fsp3) is 0.562. The second-order valence-corrected chi connectivity index (χ2v) is 8.97. The summed E-state index contributed by atoms with van der Waals surface area (Å²) in [5.41, 5.74) is 0.867. The van der Waals surface area contributed by atoms with Crippen molar-refractivity contribution in [1.29, 1.82) is 0 Å². The number of nitrogens with one attached hydrogen (secondary N) is 1. The van der Waals surface area contributed by atoms with Crippen LogP contribution in [-0.2, 0) is 10.2 Å². The summed E-state index contributed by atoms with van der Waals surface area (Å²) >= 11 is 0. The van der Waals surface area contributed by atoms with Crippen LogP contribution >= 0.6 is 0 Å². The van der Waals surface area contributed by atoms with Crippen molar-refractivity contribution in [3.05, 3.63) is 30.3 Å². The third kappa shape index (κ3) is 3.71. The zero-order chi connectivity index (χ0) is 18.9. The topological polar surface area (TPSA) is 96.2 Å². The van der Waals surface area contributed by atoms with E-state index in [2.05, 4.69) is 34.1 Å². The molecule has 3 rings (SSSR count). The molecule has 0 unspecified atom stereocenters. The van der Waals surface area contributed by atoms with Crippen molar-refractivity contribution in [2.45, 2.75) is 19.9 Å². The van der Waals surface area contributed by atoms with Gasteiger partial charge >= 0.3 is 0 Å². The minimum Gasteiger partial charge on any atom is -0.337 e. The van der Waals surface area contributed by atoms with Crippen molar-refractivity contribution in [2.24, 2.45) is 11.8 Å². The lowest BCUT2D eigenvalue weighted by Gasteiger charge is -2.24. The fourth-order valence-corrected chi connectivity index (χ4v) is 4.05.